The first-order valence-electron chi connectivity index (χ1n) is 10.5. The van der Waals surface area contributed by atoms with Gasteiger partial charge in [0, 0.05) is 5.56 Å². The van der Waals surface area contributed by atoms with Crippen molar-refractivity contribution in [3.8, 4) is 11.1 Å². The standard InChI is InChI=1S/C24H31ClFN/c1-3-4-5-6-18-7-9-19(10-8-18)17(2)20-11-13-21(14-12-20)22-15-16-23(25)27-24(22)26/h11-19H,3-10H2,1-2H3. The average Bonchev–Trinajstić information content (AvgIpc) is 2.68. The molecule has 3 heteroatoms. The summed E-state index contributed by atoms with van der Waals surface area (Å²) in [5, 5.41) is 0.187. The van der Waals surface area contributed by atoms with E-state index in [2.05, 4.69) is 31.0 Å². The van der Waals surface area contributed by atoms with Gasteiger partial charge < -0.3 is 0 Å². The van der Waals surface area contributed by atoms with Crippen LogP contribution in [0.4, 0.5) is 4.39 Å². The molecule has 1 aromatic carbocycles. The van der Waals surface area contributed by atoms with Gasteiger partial charge in [-0.2, -0.15) is 4.39 Å². The molecule has 1 saturated carbocycles. The topological polar surface area (TPSA) is 12.9 Å². The van der Waals surface area contributed by atoms with Crippen LogP contribution in [0.1, 0.15) is 76.7 Å². The second-order valence-electron chi connectivity index (χ2n) is 8.16. The third kappa shape index (κ3) is 5.31. The molecular weight excluding hydrogens is 357 g/mol. The van der Waals surface area contributed by atoms with Crippen molar-refractivity contribution in [3.63, 3.8) is 0 Å². The summed E-state index contributed by atoms with van der Waals surface area (Å²) in [6.45, 7) is 4.63. The molecule has 1 heterocycles. The molecule has 146 valence electrons. The highest BCUT2D eigenvalue weighted by Gasteiger charge is 2.25. The fraction of sp³-hybridized carbons (Fsp3) is 0.542. The lowest BCUT2D eigenvalue weighted by Gasteiger charge is -2.32. The number of benzene rings is 1. The van der Waals surface area contributed by atoms with E-state index in [0.717, 1.165) is 17.4 Å². The van der Waals surface area contributed by atoms with Gasteiger partial charge in [-0.25, -0.2) is 4.98 Å². The molecule has 0 radical (unpaired) electrons. The first kappa shape index (κ1) is 20.3. The number of halogens is 2. The number of nitrogens with zero attached hydrogens (tertiary/aromatic N) is 1. The third-order valence-electron chi connectivity index (χ3n) is 6.38. The van der Waals surface area contributed by atoms with E-state index in [9.17, 15) is 4.39 Å². The summed E-state index contributed by atoms with van der Waals surface area (Å²) in [6.07, 6.45) is 11.0. The zero-order valence-electron chi connectivity index (χ0n) is 16.6. The van der Waals surface area contributed by atoms with E-state index >= 15 is 0 Å². The van der Waals surface area contributed by atoms with Gasteiger partial charge >= 0.3 is 0 Å². The predicted molar refractivity (Wildman–Crippen MR) is 113 cm³/mol. The lowest BCUT2D eigenvalue weighted by molar-refractivity contribution is 0.236. The molecule has 0 amide bonds. The molecule has 1 aromatic heterocycles. The van der Waals surface area contributed by atoms with Crippen LogP contribution in [0.15, 0.2) is 36.4 Å². The Balaban J connectivity index is 1.59. The van der Waals surface area contributed by atoms with Crippen molar-refractivity contribution >= 4 is 11.6 Å². The minimum Gasteiger partial charge on any atom is -0.207 e. The molecule has 1 nitrogen and oxygen atoms in total. The molecule has 1 unspecified atom stereocenters. The second kappa shape index (κ2) is 9.68. The fourth-order valence-electron chi connectivity index (χ4n) is 4.53. The summed E-state index contributed by atoms with van der Waals surface area (Å²) < 4.78 is 14.0. The fourth-order valence-corrected chi connectivity index (χ4v) is 4.66. The van der Waals surface area contributed by atoms with Crippen LogP contribution in [0.2, 0.25) is 5.15 Å². The number of hydrogen-bond acceptors (Lipinski definition) is 1. The van der Waals surface area contributed by atoms with Gasteiger partial charge in [0.15, 0.2) is 0 Å². The summed E-state index contributed by atoms with van der Waals surface area (Å²) in [4.78, 5) is 3.71. The molecule has 1 atom stereocenters. The molecule has 1 aliphatic rings. The molecule has 3 rings (SSSR count). The van der Waals surface area contributed by atoms with Crippen LogP contribution < -0.4 is 0 Å². The van der Waals surface area contributed by atoms with Gasteiger partial charge in [0.05, 0.1) is 0 Å². The molecule has 2 aromatic rings. The van der Waals surface area contributed by atoms with Crippen LogP contribution in [0.25, 0.3) is 11.1 Å². The molecule has 0 spiro atoms. The Morgan fingerprint density at radius 3 is 2.37 bits per heavy atom. The molecule has 27 heavy (non-hydrogen) atoms. The van der Waals surface area contributed by atoms with E-state index in [-0.39, 0.29) is 5.15 Å². The largest absolute Gasteiger partial charge is 0.222 e. The first-order valence-corrected chi connectivity index (χ1v) is 10.9. The molecule has 1 aliphatic carbocycles. The van der Waals surface area contributed by atoms with E-state index in [1.807, 2.05) is 12.1 Å². The predicted octanol–water partition coefficient (Wildman–Crippen LogP) is 8.03. The van der Waals surface area contributed by atoms with Crippen LogP contribution in [-0.4, -0.2) is 4.98 Å². The highest BCUT2D eigenvalue weighted by Crippen LogP contribution is 2.40. The van der Waals surface area contributed by atoms with Crippen molar-refractivity contribution in [1.82, 2.24) is 4.98 Å². The Kier molecular flexibility index (Phi) is 7.29. The zero-order valence-corrected chi connectivity index (χ0v) is 17.3. The van der Waals surface area contributed by atoms with E-state index in [0.29, 0.717) is 11.5 Å². The second-order valence-corrected chi connectivity index (χ2v) is 8.55. The van der Waals surface area contributed by atoms with E-state index in [1.54, 1.807) is 12.1 Å². The van der Waals surface area contributed by atoms with Gasteiger partial charge in [0.1, 0.15) is 5.15 Å². The van der Waals surface area contributed by atoms with Crippen LogP contribution in [0.3, 0.4) is 0 Å². The van der Waals surface area contributed by atoms with E-state index in [1.165, 1.54) is 56.9 Å². The van der Waals surface area contributed by atoms with Crippen molar-refractivity contribution in [2.24, 2.45) is 11.8 Å². The Bertz CT molecular complexity index is 720. The maximum Gasteiger partial charge on any atom is 0.222 e. The summed E-state index contributed by atoms with van der Waals surface area (Å²) in [5.41, 5.74) is 2.72. The van der Waals surface area contributed by atoms with Crippen LogP contribution >= 0.6 is 11.6 Å². The number of hydrogen-bond donors (Lipinski definition) is 0. The molecule has 0 bridgehead atoms. The van der Waals surface area contributed by atoms with Crippen molar-refractivity contribution in [2.45, 2.75) is 71.1 Å². The quantitative estimate of drug-likeness (QED) is 0.346. The summed E-state index contributed by atoms with van der Waals surface area (Å²) >= 11 is 5.75. The maximum atomic E-state index is 14.0. The van der Waals surface area contributed by atoms with Crippen LogP contribution in [0.5, 0.6) is 0 Å². The molecule has 0 aliphatic heterocycles. The van der Waals surface area contributed by atoms with Crippen molar-refractivity contribution in [3.05, 3.63) is 53.1 Å². The minimum atomic E-state index is -0.510. The van der Waals surface area contributed by atoms with Gasteiger partial charge in [-0.3, -0.25) is 0 Å². The van der Waals surface area contributed by atoms with E-state index in [4.69, 9.17) is 11.6 Å². The van der Waals surface area contributed by atoms with Crippen LogP contribution in [-0.2, 0) is 0 Å². The molecular formula is C24H31ClFN. The van der Waals surface area contributed by atoms with Crippen molar-refractivity contribution in [1.29, 1.82) is 0 Å². The van der Waals surface area contributed by atoms with Crippen molar-refractivity contribution < 1.29 is 4.39 Å². The zero-order chi connectivity index (χ0) is 19.2. The van der Waals surface area contributed by atoms with Gasteiger partial charge in [-0.05, 0) is 53.9 Å². The Labute approximate surface area is 168 Å². The first-order chi connectivity index (χ1) is 13.1. The Morgan fingerprint density at radius 2 is 1.74 bits per heavy atom. The number of rotatable bonds is 7. The summed E-state index contributed by atoms with van der Waals surface area (Å²) in [6, 6.07) is 11.7. The summed E-state index contributed by atoms with van der Waals surface area (Å²) in [7, 11) is 0. The highest BCUT2D eigenvalue weighted by atomic mass is 35.5. The minimum absolute atomic E-state index is 0.187. The SMILES string of the molecule is CCCCCC1CCC(C(C)c2ccc(-c3ccc(Cl)nc3F)cc2)CC1. The number of unbranched alkanes of at least 4 members (excludes halogenated alkanes) is 2. The van der Waals surface area contributed by atoms with Gasteiger partial charge in [0.2, 0.25) is 5.95 Å². The Hall–Kier alpha value is -1.41. The van der Waals surface area contributed by atoms with E-state index < -0.39 is 5.95 Å². The number of pyridine rings is 1. The lowest BCUT2D eigenvalue weighted by atomic mass is 9.73. The van der Waals surface area contributed by atoms with Gasteiger partial charge in [-0.1, -0.05) is 88.2 Å². The lowest BCUT2D eigenvalue weighted by Crippen LogP contribution is -2.19. The summed E-state index contributed by atoms with van der Waals surface area (Å²) in [5.74, 6) is 1.77. The molecule has 1 fully saturated rings. The molecule has 0 saturated heterocycles. The average molecular weight is 388 g/mol. The van der Waals surface area contributed by atoms with Crippen LogP contribution in [0, 0.1) is 17.8 Å². The maximum absolute atomic E-state index is 14.0. The monoisotopic (exact) mass is 387 g/mol. The highest BCUT2D eigenvalue weighted by molar-refractivity contribution is 6.29. The Morgan fingerprint density at radius 1 is 1.04 bits per heavy atom. The smallest absolute Gasteiger partial charge is 0.207 e. The van der Waals surface area contributed by atoms with Gasteiger partial charge in [-0.15, -0.1) is 0 Å². The normalized spacial score (nSPS) is 21.2. The third-order valence-corrected chi connectivity index (χ3v) is 6.59. The number of aromatic nitrogens is 1. The van der Waals surface area contributed by atoms with Crippen molar-refractivity contribution in [2.75, 3.05) is 0 Å². The van der Waals surface area contributed by atoms with Gasteiger partial charge in [0.25, 0.3) is 0 Å². The molecule has 0 N–H and O–H groups in total.